The molecule has 0 atom stereocenters. The number of carbonyl (C=O) groups is 1. The highest BCUT2D eigenvalue weighted by Gasteiger charge is 2.24. The molecule has 27 heavy (non-hydrogen) atoms. The van der Waals surface area contributed by atoms with Crippen LogP contribution in [0.2, 0.25) is 0 Å². The van der Waals surface area contributed by atoms with Gasteiger partial charge in [0.05, 0.1) is 12.7 Å². The van der Waals surface area contributed by atoms with Gasteiger partial charge >= 0.3 is 5.97 Å². The van der Waals surface area contributed by atoms with E-state index in [1.807, 2.05) is 80.6 Å². The molecule has 1 aliphatic heterocycles. The summed E-state index contributed by atoms with van der Waals surface area (Å²) < 4.78 is 11.1. The molecule has 4 rings (SSSR count). The Labute approximate surface area is 158 Å². The maximum atomic E-state index is 12.5. The van der Waals surface area contributed by atoms with E-state index in [0.717, 1.165) is 38.8 Å². The van der Waals surface area contributed by atoms with Crippen molar-refractivity contribution in [1.29, 1.82) is 0 Å². The summed E-state index contributed by atoms with van der Waals surface area (Å²) in [6, 6.07) is 18.1. The van der Waals surface area contributed by atoms with Crippen LogP contribution in [-0.4, -0.2) is 13.1 Å². The highest BCUT2D eigenvalue weighted by Crippen LogP contribution is 2.34. The molecular formula is C24H20O3. The van der Waals surface area contributed by atoms with Crippen LogP contribution in [0.3, 0.4) is 0 Å². The van der Waals surface area contributed by atoms with Gasteiger partial charge in [0, 0.05) is 11.1 Å². The monoisotopic (exact) mass is 356 g/mol. The van der Waals surface area contributed by atoms with Crippen LogP contribution in [0.4, 0.5) is 0 Å². The van der Waals surface area contributed by atoms with E-state index in [-0.39, 0.29) is 5.97 Å². The Morgan fingerprint density at radius 2 is 1.81 bits per heavy atom. The van der Waals surface area contributed by atoms with Crippen molar-refractivity contribution >= 4 is 28.6 Å². The Kier molecular flexibility index (Phi) is 4.28. The fourth-order valence-corrected chi connectivity index (χ4v) is 3.38. The van der Waals surface area contributed by atoms with E-state index in [2.05, 4.69) is 0 Å². The van der Waals surface area contributed by atoms with Crippen LogP contribution in [0.5, 0.6) is 5.75 Å². The summed E-state index contributed by atoms with van der Waals surface area (Å²) in [5.41, 5.74) is 4.53. The maximum Gasteiger partial charge on any atom is 0.343 e. The number of fused-ring (bicyclic) bond motifs is 1. The summed E-state index contributed by atoms with van der Waals surface area (Å²) in [4.78, 5) is 12.5. The van der Waals surface area contributed by atoms with Gasteiger partial charge in [-0.1, -0.05) is 48.0 Å². The van der Waals surface area contributed by atoms with Gasteiger partial charge in [0.25, 0.3) is 0 Å². The number of aryl methyl sites for hydroxylation is 2. The van der Waals surface area contributed by atoms with Crippen LogP contribution in [-0.2, 0) is 9.53 Å². The molecular weight excluding hydrogens is 336 g/mol. The number of esters is 1. The summed E-state index contributed by atoms with van der Waals surface area (Å²) in [5.74, 6) is 0.968. The molecule has 0 bridgehead atoms. The van der Waals surface area contributed by atoms with Crippen LogP contribution in [0, 0.1) is 13.8 Å². The van der Waals surface area contributed by atoms with Crippen molar-refractivity contribution in [3.05, 3.63) is 88.5 Å². The lowest BCUT2D eigenvalue weighted by atomic mass is 10.0. The molecule has 1 heterocycles. The summed E-state index contributed by atoms with van der Waals surface area (Å²) >= 11 is 0. The maximum absolute atomic E-state index is 12.5. The lowest BCUT2D eigenvalue weighted by Crippen LogP contribution is -1.99. The van der Waals surface area contributed by atoms with E-state index in [0.29, 0.717) is 11.3 Å². The van der Waals surface area contributed by atoms with Crippen LogP contribution >= 0.6 is 0 Å². The van der Waals surface area contributed by atoms with Crippen molar-refractivity contribution in [3.8, 4) is 5.75 Å². The van der Waals surface area contributed by atoms with Crippen molar-refractivity contribution in [3.63, 3.8) is 0 Å². The quantitative estimate of drug-likeness (QED) is 0.463. The van der Waals surface area contributed by atoms with Crippen molar-refractivity contribution in [1.82, 2.24) is 0 Å². The standard InChI is InChI=1S/C24H20O3/c1-15-8-9-16(2)20(12-15)23-14-18(24(25)27-23)13-21-19-7-5-4-6-17(19)10-11-22(21)26-3/h4-14H,1-3H3/b18-13-. The molecule has 3 nitrogen and oxygen atoms in total. The van der Waals surface area contributed by atoms with E-state index < -0.39 is 0 Å². The summed E-state index contributed by atoms with van der Waals surface area (Å²) in [6.45, 7) is 4.04. The highest BCUT2D eigenvalue weighted by atomic mass is 16.5. The van der Waals surface area contributed by atoms with Gasteiger partial charge in [-0.2, -0.15) is 0 Å². The van der Waals surface area contributed by atoms with Crippen molar-refractivity contribution in [2.75, 3.05) is 7.11 Å². The van der Waals surface area contributed by atoms with Gasteiger partial charge in [-0.3, -0.25) is 0 Å². The second-order valence-corrected chi connectivity index (χ2v) is 6.72. The lowest BCUT2D eigenvalue weighted by Gasteiger charge is -2.09. The smallest absolute Gasteiger partial charge is 0.343 e. The van der Waals surface area contributed by atoms with Gasteiger partial charge in [0.2, 0.25) is 0 Å². The fraction of sp³-hybridized carbons (Fsp3) is 0.125. The average molecular weight is 356 g/mol. The van der Waals surface area contributed by atoms with Crippen LogP contribution < -0.4 is 4.74 Å². The molecule has 0 radical (unpaired) electrons. The Morgan fingerprint density at radius 1 is 1.00 bits per heavy atom. The average Bonchev–Trinajstić information content (AvgIpc) is 3.04. The third-order valence-electron chi connectivity index (χ3n) is 4.83. The third-order valence-corrected chi connectivity index (χ3v) is 4.83. The number of ether oxygens (including phenoxy) is 2. The van der Waals surface area contributed by atoms with E-state index in [4.69, 9.17) is 9.47 Å². The molecule has 0 unspecified atom stereocenters. The van der Waals surface area contributed by atoms with Crippen molar-refractivity contribution in [2.45, 2.75) is 13.8 Å². The number of hydrogen-bond acceptors (Lipinski definition) is 3. The molecule has 134 valence electrons. The molecule has 0 aliphatic carbocycles. The van der Waals surface area contributed by atoms with Crippen LogP contribution in [0.1, 0.15) is 22.3 Å². The molecule has 0 saturated carbocycles. The van der Waals surface area contributed by atoms with Crippen LogP contribution in [0.15, 0.2) is 66.2 Å². The van der Waals surface area contributed by atoms with E-state index in [1.54, 1.807) is 7.11 Å². The topological polar surface area (TPSA) is 35.5 Å². The molecule has 0 amide bonds. The number of carbonyl (C=O) groups excluding carboxylic acids is 1. The minimum absolute atomic E-state index is 0.346. The van der Waals surface area contributed by atoms with E-state index >= 15 is 0 Å². The minimum Gasteiger partial charge on any atom is -0.496 e. The zero-order valence-corrected chi connectivity index (χ0v) is 15.6. The van der Waals surface area contributed by atoms with Gasteiger partial charge in [-0.25, -0.2) is 4.79 Å². The number of methoxy groups -OCH3 is 1. The first-order valence-electron chi connectivity index (χ1n) is 8.86. The molecule has 3 heteroatoms. The van der Waals surface area contributed by atoms with Gasteiger partial charge < -0.3 is 9.47 Å². The third kappa shape index (κ3) is 3.13. The molecule has 3 aromatic carbocycles. The number of rotatable bonds is 3. The Bertz CT molecular complexity index is 1120. The molecule has 0 spiro atoms. The Morgan fingerprint density at radius 3 is 2.63 bits per heavy atom. The van der Waals surface area contributed by atoms with Crippen molar-refractivity contribution < 1.29 is 14.3 Å². The summed E-state index contributed by atoms with van der Waals surface area (Å²) in [7, 11) is 1.64. The summed E-state index contributed by atoms with van der Waals surface area (Å²) in [6.07, 6.45) is 3.66. The fourth-order valence-electron chi connectivity index (χ4n) is 3.38. The number of cyclic esters (lactones) is 1. The Hall–Kier alpha value is -3.33. The predicted octanol–water partition coefficient (Wildman–Crippen LogP) is 5.45. The minimum atomic E-state index is -0.346. The molecule has 0 N–H and O–H groups in total. The molecule has 3 aromatic rings. The van der Waals surface area contributed by atoms with Gasteiger partial charge in [-0.05, 0) is 54.5 Å². The highest BCUT2D eigenvalue weighted by molar-refractivity contribution is 6.07. The second kappa shape index (κ2) is 6.76. The largest absolute Gasteiger partial charge is 0.496 e. The van der Waals surface area contributed by atoms with Crippen molar-refractivity contribution in [2.24, 2.45) is 0 Å². The Balaban J connectivity index is 1.85. The van der Waals surface area contributed by atoms with Crippen LogP contribution in [0.25, 0.3) is 22.6 Å². The van der Waals surface area contributed by atoms with E-state index in [1.165, 1.54) is 0 Å². The molecule has 0 fully saturated rings. The van der Waals surface area contributed by atoms with Gasteiger partial charge in [-0.15, -0.1) is 0 Å². The van der Waals surface area contributed by atoms with Gasteiger partial charge in [0.15, 0.2) is 0 Å². The molecule has 1 aliphatic rings. The normalized spacial score (nSPS) is 15.1. The number of hydrogen-bond donors (Lipinski definition) is 0. The first-order valence-corrected chi connectivity index (χ1v) is 8.86. The van der Waals surface area contributed by atoms with E-state index in [9.17, 15) is 4.79 Å². The zero-order valence-electron chi connectivity index (χ0n) is 15.6. The first-order chi connectivity index (χ1) is 13.1. The second-order valence-electron chi connectivity index (χ2n) is 6.72. The molecule has 0 aromatic heterocycles. The molecule has 0 saturated heterocycles. The number of benzene rings is 3. The SMILES string of the molecule is COc1ccc2ccccc2c1/C=C1/C=C(c2cc(C)ccc2C)OC1=O. The lowest BCUT2D eigenvalue weighted by molar-refractivity contribution is -0.130. The first kappa shape index (κ1) is 17.1. The predicted molar refractivity (Wildman–Crippen MR) is 108 cm³/mol. The zero-order chi connectivity index (χ0) is 19.0. The summed E-state index contributed by atoms with van der Waals surface area (Å²) in [5, 5.41) is 2.13. The van der Waals surface area contributed by atoms with Gasteiger partial charge in [0.1, 0.15) is 11.5 Å².